The van der Waals surface area contributed by atoms with Crippen LogP contribution in [0, 0.1) is 5.82 Å². The third-order valence-electron chi connectivity index (χ3n) is 5.51. The zero-order chi connectivity index (χ0) is 24.3. The highest BCUT2D eigenvalue weighted by Gasteiger charge is 2.53. The van der Waals surface area contributed by atoms with E-state index in [9.17, 15) is 14.0 Å². The summed E-state index contributed by atoms with van der Waals surface area (Å²) in [4.78, 5) is 26.7. The quantitative estimate of drug-likeness (QED) is 0.496. The smallest absolute Gasteiger partial charge is 0.363 e. The fourth-order valence-corrected chi connectivity index (χ4v) is 3.99. The molecule has 34 heavy (non-hydrogen) atoms. The largest absolute Gasteiger partial charge is 0.456 e. The Hall–Kier alpha value is -3.55. The molecule has 0 spiro atoms. The number of amides is 1. The lowest BCUT2D eigenvalue weighted by Gasteiger charge is -2.32. The minimum Gasteiger partial charge on any atom is -0.456 e. The van der Waals surface area contributed by atoms with Crippen LogP contribution in [0.25, 0.3) is 0 Å². The van der Waals surface area contributed by atoms with Gasteiger partial charge in [-0.15, -0.1) is 0 Å². The number of hydrogen-bond acceptors (Lipinski definition) is 5. The van der Waals surface area contributed by atoms with Crippen LogP contribution in [0.3, 0.4) is 0 Å². The molecule has 0 radical (unpaired) electrons. The van der Waals surface area contributed by atoms with Crippen molar-refractivity contribution in [3.8, 4) is 0 Å². The highest BCUT2D eigenvalue weighted by Crippen LogP contribution is 2.37. The second-order valence-electron chi connectivity index (χ2n) is 9.28. The van der Waals surface area contributed by atoms with Gasteiger partial charge in [0.05, 0.1) is 12.1 Å². The van der Waals surface area contributed by atoms with Gasteiger partial charge in [-0.25, -0.2) is 9.18 Å². The minimum atomic E-state index is -1.72. The molecule has 3 N–H and O–H groups in total. The van der Waals surface area contributed by atoms with Gasteiger partial charge < -0.3 is 10.1 Å². The predicted octanol–water partition coefficient (Wildman–Crippen LogP) is 4.23. The summed E-state index contributed by atoms with van der Waals surface area (Å²) < 4.78 is 19.1. The molecular weight excluding hydrogens is 433 g/mol. The van der Waals surface area contributed by atoms with Crippen molar-refractivity contribution in [2.45, 2.75) is 44.2 Å². The summed E-state index contributed by atoms with van der Waals surface area (Å²) in [5, 5.41) is 9.42. The summed E-state index contributed by atoms with van der Waals surface area (Å²) in [5.74, 6) is -3.40. The third-order valence-corrected chi connectivity index (χ3v) is 5.51. The molecule has 3 aromatic carbocycles. The van der Waals surface area contributed by atoms with Crippen molar-refractivity contribution in [3.63, 3.8) is 0 Å². The lowest BCUT2D eigenvalue weighted by atomic mass is 9.95. The van der Waals surface area contributed by atoms with E-state index in [-0.39, 0.29) is 17.6 Å². The zero-order valence-corrected chi connectivity index (χ0v) is 19.3. The lowest BCUT2D eigenvalue weighted by Crippen LogP contribution is -2.69. The molecule has 0 aliphatic carbocycles. The Morgan fingerprint density at radius 1 is 0.824 bits per heavy atom. The van der Waals surface area contributed by atoms with Gasteiger partial charge in [0.2, 0.25) is 5.79 Å². The Balaban J connectivity index is 1.75. The molecule has 2 unspecified atom stereocenters. The predicted molar refractivity (Wildman–Crippen MR) is 127 cm³/mol. The molecule has 0 saturated carbocycles. The standard InChI is InChI=1S/C27H28FN3O3/c1-26(2,3)34-25(33)27(31-24(32)20-14-16-21(28)17-15-20)29-22(18-10-6-4-7-11-18)23(30-27)19-12-8-5-9-13-19/h4-17,22-23,29-30H,1-3H3,(H,31,32). The number of hydrogen-bond donors (Lipinski definition) is 3. The third kappa shape index (κ3) is 5.16. The van der Waals surface area contributed by atoms with Crippen LogP contribution in [0.5, 0.6) is 0 Å². The summed E-state index contributed by atoms with van der Waals surface area (Å²) in [5.41, 5.74) is 1.30. The summed E-state index contributed by atoms with van der Waals surface area (Å²) in [7, 11) is 0. The van der Waals surface area contributed by atoms with E-state index < -0.39 is 29.1 Å². The molecule has 1 aliphatic heterocycles. The number of esters is 1. The Bertz CT molecular complexity index is 1100. The van der Waals surface area contributed by atoms with E-state index >= 15 is 0 Å². The van der Waals surface area contributed by atoms with Crippen LogP contribution in [-0.4, -0.2) is 23.3 Å². The number of nitrogens with one attached hydrogen (secondary N) is 3. The number of carbonyl (C=O) groups excluding carboxylic acids is 2. The molecule has 7 heteroatoms. The van der Waals surface area contributed by atoms with E-state index in [0.29, 0.717) is 0 Å². The van der Waals surface area contributed by atoms with Gasteiger partial charge in [-0.05, 0) is 56.2 Å². The van der Waals surface area contributed by atoms with Crippen molar-refractivity contribution in [3.05, 3.63) is 107 Å². The SMILES string of the molecule is CC(C)(C)OC(=O)C1(NC(=O)c2ccc(F)cc2)NC(c2ccccc2)C(c2ccccc2)N1. The molecule has 3 aromatic rings. The first-order chi connectivity index (χ1) is 16.2. The van der Waals surface area contributed by atoms with E-state index in [1.807, 2.05) is 60.7 Å². The molecular formula is C27H28FN3O3. The van der Waals surface area contributed by atoms with E-state index in [1.165, 1.54) is 24.3 Å². The van der Waals surface area contributed by atoms with Crippen LogP contribution in [0.4, 0.5) is 4.39 Å². The maximum Gasteiger partial charge on any atom is 0.363 e. The molecule has 176 valence electrons. The lowest BCUT2D eigenvalue weighted by molar-refractivity contribution is -0.165. The van der Waals surface area contributed by atoms with Gasteiger partial charge >= 0.3 is 5.97 Å². The molecule has 6 nitrogen and oxygen atoms in total. The minimum absolute atomic E-state index is 0.215. The fourth-order valence-electron chi connectivity index (χ4n) is 3.99. The molecule has 1 saturated heterocycles. The molecule has 1 aliphatic rings. The van der Waals surface area contributed by atoms with Gasteiger partial charge in [-0.2, -0.15) is 0 Å². The molecule has 1 fully saturated rings. The van der Waals surface area contributed by atoms with Crippen LogP contribution in [0.2, 0.25) is 0 Å². The normalized spacial score (nSPS) is 22.2. The van der Waals surface area contributed by atoms with Gasteiger partial charge in [-0.1, -0.05) is 60.7 Å². The second kappa shape index (κ2) is 9.37. The Morgan fingerprint density at radius 3 is 1.74 bits per heavy atom. The summed E-state index contributed by atoms with van der Waals surface area (Å²) in [6.07, 6.45) is 0. The van der Waals surface area contributed by atoms with Crippen molar-refractivity contribution in [2.24, 2.45) is 0 Å². The van der Waals surface area contributed by atoms with Crippen LogP contribution in [0.1, 0.15) is 54.3 Å². The molecule has 0 bridgehead atoms. The van der Waals surface area contributed by atoms with E-state index in [4.69, 9.17) is 4.74 Å². The molecule has 0 aromatic heterocycles. The number of ether oxygens (including phenoxy) is 1. The number of rotatable bonds is 5. The Kier molecular flexibility index (Phi) is 6.50. The van der Waals surface area contributed by atoms with E-state index in [1.54, 1.807) is 20.8 Å². The first-order valence-electron chi connectivity index (χ1n) is 11.1. The van der Waals surface area contributed by atoms with Crippen LogP contribution in [0.15, 0.2) is 84.9 Å². The van der Waals surface area contributed by atoms with Crippen molar-refractivity contribution in [1.82, 2.24) is 16.0 Å². The van der Waals surface area contributed by atoms with Gasteiger partial charge in [-0.3, -0.25) is 15.4 Å². The highest BCUT2D eigenvalue weighted by atomic mass is 19.1. The van der Waals surface area contributed by atoms with Gasteiger partial charge in [0.1, 0.15) is 11.4 Å². The Labute approximate surface area is 198 Å². The number of benzene rings is 3. The molecule has 1 amide bonds. The van der Waals surface area contributed by atoms with E-state index in [0.717, 1.165) is 11.1 Å². The summed E-state index contributed by atoms with van der Waals surface area (Å²) in [6.45, 7) is 5.29. The van der Waals surface area contributed by atoms with Crippen molar-refractivity contribution < 1.29 is 18.7 Å². The first-order valence-corrected chi connectivity index (χ1v) is 11.1. The monoisotopic (exact) mass is 461 g/mol. The Morgan fingerprint density at radius 2 is 1.29 bits per heavy atom. The number of carbonyl (C=O) groups is 2. The maximum atomic E-state index is 13.5. The van der Waals surface area contributed by atoms with Crippen molar-refractivity contribution in [2.75, 3.05) is 0 Å². The van der Waals surface area contributed by atoms with Gasteiger partial charge in [0, 0.05) is 5.56 Å². The highest BCUT2D eigenvalue weighted by molar-refractivity contribution is 5.98. The van der Waals surface area contributed by atoms with Crippen LogP contribution >= 0.6 is 0 Å². The zero-order valence-electron chi connectivity index (χ0n) is 19.3. The molecule has 4 rings (SSSR count). The van der Waals surface area contributed by atoms with Crippen LogP contribution < -0.4 is 16.0 Å². The topological polar surface area (TPSA) is 79.5 Å². The van der Waals surface area contributed by atoms with Gasteiger partial charge in [0.25, 0.3) is 5.91 Å². The van der Waals surface area contributed by atoms with Crippen molar-refractivity contribution >= 4 is 11.9 Å². The molecule has 2 atom stereocenters. The number of halogens is 1. The van der Waals surface area contributed by atoms with Gasteiger partial charge in [0.15, 0.2) is 0 Å². The first kappa shape index (κ1) is 23.6. The average molecular weight is 462 g/mol. The second-order valence-corrected chi connectivity index (χ2v) is 9.28. The maximum absolute atomic E-state index is 13.5. The van der Waals surface area contributed by atoms with Crippen LogP contribution in [-0.2, 0) is 9.53 Å². The fraction of sp³-hybridized carbons (Fsp3) is 0.259. The summed E-state index contributed by atoms with van der Waals surface area (Å²) >= 11 is 0. The average Bonchev–Trinajstić information content (AvgIpc) is 3.20. The van der Waals surface area contributed by atoms with Crippen molar-refractivity contribution in [1.29, 1.82) is 0 Å². The summed E-state index contributed by atoms with van der Waals surface area (Å²) in [6, 6.07) is 23.8. The van der Waals surface area contributed by atoms with E-state index in [2.05, 4.69) is 16.0 Å². The molecule has 1 heterocycles.